The predicted molar refractivity (Wildman–Crippen MR) is 93.4 cm³/mol. The summed E-state index contributed by atoms with van der Waals surface area (Å²) in [5.41, 5.74) is 0.674. The molecule has 0 bridgehead atoms. The van der Waals surface area contributed by atoms with Crippen molar-refractivity contribution in [2.45, 2.75) is 10.9 Å². The van der Waals surface area contributed by atoms with Gasteiger partial charge in [0.15, 0.2) is 5.82 Å². The molecule has 1 fully saturated rings. The Labute approximate surface area is 147 Å². The van der Waals surface area contributed by atoms with Gasteiger partial charge in [-0.2, -0.15) is 4.98 Å². The van der Waals surface area contributed by atoms with Gasteiger partial charge in [0, 0.05) is 31.7 Å². The average Bonchev–Trinajstić information content (AvgIpc) is 3.10. The average molecular weight is 363 g/mol. The van der Waals surface area contributed by atoms with Crippen LogP contribution in [-0.2, 0) is 10.0 Å². The van der Waals surface area contributed by atoms with E-state index in [-0.39, 0.29) is 17.5 Å². The Kier molecular flexibility index (Phi) is 5.28. The Morgan fingerprint density at radius 3 is 2.88 bits per heavy atom. The fraction of sp³-hybridized carbons (Fsp3) is 0.375. The van der Waals surface area contributed by atoms with Crippen LogP contribution in [0.5, 0.6) is 0 Å². The van der Waals surface area contributed by atoms with Crippen LogP contribution in [-0.4, -0.2) is 56.7 Å². The molecule has 1 aromatic heterocycles. The standard InChI is InChI=1S/C16H21N5O3S/c1-3-8-18-25(22,23)13-6-4-12(5-7-13)16-19-15(20-24-16)14-11-17-9-10-21(14)2/h3-7,14,17-18H,1,8-11H2,2H3. The molecule has 1 aliphatic heterocycles. The van der Waals surface area contributed by atoms with Gasteiger partial charge in [0.2, 0.25) is 10.0 Å². The zero-order valence-corrected chi connectivity index (χ0v) is 14.8. The first-order chi connectivity index (χ1) is 12.0. The van der Waals surface area contributed by atoms with Crippen LogP contribution in [0.15, 0.2) is 46.3 Å². The molecule has 1 atom stereocenters. The molecule has 0 spiro atoms. The summed E-state index contributed by atoms with van der Waals surface area (Å²) < 4.78 is 31.9. The van der Waals surface area contributed by atoms with Gasteiger partial charge in [-0.3, -0.25) is 4.90 Å². The quantitative estimate of drug-likeness (QED) is 0.731. The molecule has 2 aromatic rings. The van der Waals surface area contributed by atoms with E-state index in [1.807, 2.05) is 7.05 Å². The van der Waals surface area contributed by atoms with E-state index in [9.17, 15) is 8.42 Å². The van der Waals surface area contributed by atoms with E-state index < -0.39 is 10.0 Å². The molecule has 3 rings (SSSR count). The maximum absolute atomic E-state index is 12.1. The highest BCUT2D eigenvalue weighted by molar-refractivity contribution is 7.89. The first-order valence-corrected chi connectivity index (χ1v) is 9.45. The number of aromatic nitrogens is 2. The zero-order valence-electron chi connectivity index (χ0n) is 14.0. The molecule has 2 N–H and O–H groups in total. The molecular weight excluding hydrogens is 342 g/mol. The Morgan fingerprint density at radius 2 is 2.20 bits per heavy atom. The summed E-state index contributed by atoms with van der Waals surface area (Å²) in [4.78, 5) is 6.81. The number of nitrogens with zero attached hydrogens (tertiary/aromatic N) is 3. The van der Waals surface area contributed by atoms with Crippen molar-refractivity contribution >= 4 is 10.0 Å². The minimum Gasteiger partial charge on any atom is -0.334 e. The number of benzene rings is 1. The van der Waals surface area contributed by atoms with Gasteiger partial charge in [-0.15, -0.1) is 6.58 Å². The minimum atomic E-state index is -3.54. The lowest BCUT2D eigenvalue weighted by Gasteiger charge is -2.30. The van der Waals surface area contributed by atoms with Crippen LogP contribution >= 0.6 is 0 Å². The van der Waals surface area contributed by atoms with Crippen molar-refractivity contribution in [2.75, 3.05) is 33.2 Å². The maximum atomic E-state index is 12.1. The molecule has 8 nitrogen and oxygen atoms in total. The number of nitrogens with one attached hydrogen (secondary N) is 2. The van der Waals surface area contributed by atoms with Gasteiger partial charge >= 0.3 is 0 Å². The zero-order chi connectivity index (χ0) is 17.9. The van der Waals surface area contributed by atoms with Crippen LogP contribution in [0, 0.1) is 0 Å². The SMILES string of the molecule is C=CCNS(=O)(=O)c1ccc(-c2nc(C3CNCCN3C)no2)cc1. The third-order valence-electron chi connectivity index (χ3n) is 4.08. The second-order valence-electron chi connectivity index (χ2n) is 5.82. The number of piperazine rings is 1. The van der Waals surface area contributed by atoms with E-state index >= 15 is 0 Å². The Balaban J connectivity index is 1.78. The van der Waals surface area contributed by atoms with E-state index in [0.29, 0.717) is 17.3 Å². The van der Waals surface area contributed by atoms with Crippen LogP contribution in [0.2, 0.25) is 0 Å². The highest BCUT2D eigenvalue weighted by atomic mass is 32.2. The van der Waals surface area contributed by atoms with Gasteiger partial charge in [0.1, 0.15) is 0 Å². The molecule has 1 saturated heterocycles. The lowest BCUT2D eigenvalue weighted by atomic mass is 10.2. The third kappa shape index (κ3) is 3.96. The smallest absolute Gasteiger partial charge is 0.257 e. The van der Waals surface area contributed by atoms with Crippen LogP contribution in [0.3, 0.4) is 0 Å². The van der Waals surface area contributed by atoms with E-state index in [1.54, 1.807) is 12.1 Å². The van der Waals surface area contributed by atoms with Crippen molar-refractivity contribution < 1.29 is 12.9 Å². The summed E-state index contributed by atoms with van der Waals surface area (Å²) in [7, 11) is -1.52. The van der Waals surface area contributed by atoms with Gasteiger partial charge in [0.05, 0.1) is 10.9 Å². The second kappa shape index (κ2) is 7.44. The van der Waals surface area contributed by atoms with Crippen molar-refractivity contribution in [1.82, 2.24) is 25.1 Å². The molecule has 0 amide bonds. The highest BCUT2D eigenvalue weighted by Crippen LogP contribution is 2.23. The van der Waals surface area contributed by atoms with Gasteiger partial charge in [-0.05, 0) is 31.3 Å². The van der Waals surface area contributed by atoms with Crippen molar-refractivity contribution in [3.8, 4) is 11.5 Å². The first-order valence-electron chi connectivity index (χ1n) is 7.97. The summed E-state index contributed by atoms with van der Waals surface area (Å²) in [6, 6.07) is 6.40. The summed E-state index contributed by atoms with van der Waals surface area (Å²) >= 11 is 0. The summed E-state index contributed by atoms with van der Waals surface area (Å²) in [6.45, 7) is 6.29. The Bertz CT molecular complexity index is 832. The first kappa shape index (κ1) is 17.7. The fourth-order valence-corrected chi connectivity index (χ4v) is 3.61. The van der Waals surface area contributed by atoms with Crippen LogP contribution in [0.25, 0.3) is 11.5 Å². The Morgan fingerprint density at radius 1 is 1.44 bits per heavy atom. The van der Waals surface area contributed by atoms with Crippen molar-refractivity contribution in [1.29, 1.82) is 0 Å². The molecule has 25 heavy (non-hydrogen) atoms. The summed E-state index contributed by atoms with van der Waals surface area (Å²) in [5, 5.41) is 7.38. The van der Waals surface area contributed by atoms with Crippen molar-refractivity contribution in [3.05, 3.63) is 42.7 Å². The minimum absolute atomic E-state index is 0.0639. The predicted octanol–water partition coefficient (Wildman–Crippen LogP) is 0.777. The maximum Gasteiger partial charge on any atom is 0.257 e. The van der Waals surface area contributed by atoms with Gasteiger partial charge in [0.25, 0.3) is 5.89 Å². The largest absolute Gasteiger partial charge is 0.334 e. The van der Waals surface area contributed by atoms with E-state index in [2.05, 4.69) is 31.7 Å². The van der Waals surface area contributed by atoms with Gasteiger partial charge < -0.3 is 9.84 Å². The second-order valence-corrected chi connectivity index (χ2v) is 7.59. The van der Waals surface area contributed by atoms with Gasteiger partial charge in [-0.25, -0.2) is 13.1 Å². The lowest BCUT2D eigenvalue weighted by Crippen LogP contribution is -2.44. The monoisotopic (exact) mass is 363 g/mol. The number of hydrogen-bond donors (Lipinski definition) is 2. The Hall–Kier alpha value is -2.07. The van der Waals surface area contributed by atoms with Crippen molar-refractivity contribution in [3.63, 3.8) is 0 Å². The molecule has 134 valence electrons. The van der Waals surface area contributed by atoms with E-state index in [4.69, 9.17) is 4.52 Å². The number of hydrogen-bond acceptors (Lipinski definition) is 7. The molecule has 1 unspecified atom stereocenters. The molecule has 2 heterocycles. The number of sulfonamides is 1. The van der Waals surface area contributed by atoms with Crippen LogP contribution in [0.4, 0.5) is 0 Å². The molecule has 1 aliphatic rings. The number of rotatable bonds is 6. The number of likely N-dealkylation sites (N-methyl/N-ethyl adjacent to an activating group) is 1. The fourth-order valence-electron chi connectivity index (χ4n) is 2.61. The van der Waals surface area contributed by atoms with Gasteiger partial charge in [-0.1, -0.05) is 11.2 Å². The normalized spacial score (nSPS) is 19.0. The molecule has 0 saturated carbocycles. The van der Waals surface area contributed by atoms with E-state index in [0.717, 1.165) is 19.6 Å². The lowest BCUT2D eigenvalue weighted by molar-refractivity contribution is 0.190. The summed E-state index contributed by atoms with van der Waals surface area (Å²) in [6.07, 6.45) is 1.49. The van der Waals surface area contributed by atoms with E-state index in [1.165, 1.54) is 18.2 Å². The topological polar surface area (TPSA) is 100 Å². The van der Waals surface area contributed by atoms with Crippen molar-refractivity contribution in [2.24, 2.45) is 0 Å². The molecule has 0 aliphatic carbocycles. The third-order valence-corrected chi connectivity index (χ3v) is 5.52. The molecule has 9 heteroatoms. The summed E-state index contributed by atoms with van der Waals surface area (Å²) in [5.74, 6) is 0.992. The van der Waals surface area contributed by atoms with Crippen LogP contribution in [0.1, 0.15) is 11.9 Å². The molecule has 0 radical (unpaired) electrons. The highest BCUT2D eigenvalue weighted by Gasteiger charge is 2.25. The molecule has 1 aromatic carbocycles. The molecular formula is C16H21N5O3S. The van der Waals surface area contributed by atoms with Crippen LogP contribution < -0.4 is 10.0 Å².